The molecule has 0 aliphatic heterocycles. The van der Waals surface area contributed by atoms with Gasteiger partial charge in [0.1, 0.15) is 36.6 Å². The second-order valence-electron chi connectivity index (χ2n) is 8.27. The highest BCUT2D eigenvalue weighted by Crippen LogP contribution is 2.33. The Balaban J connectivity index is 1.93. The Morgan fingerprint density at radius 3 is 1.29 bits per heavy atom. The molecule has 0 unspecified atom stereocenters. The number of benzene rings is 2. The molecule has 1 aliphatic carbocycles. The number of ether oxygens (including phenoxy) is 5. The monoisotopic (exact) mass is 480 g/mol. The van der Waals surface area contributed by atoms with Gasteiger partial charge in [-0.05, 0) is 11.1 Å². The smallest absolute Gasteiger partial charge is 0.116 e. The first-order chi connectivity index (χ1) is 17.2. The summed E-state index contributed by atoms with van der Waals surface area (Å²) in [5, 5.41) is 11.4. The van der Waals surface area contributed by atoms with Crippen molar-refractivity contribution in [2.24, 2.45) is 0 Å². The number of hydrogen-bond donors (Lipinski definition) is 1. The highest BCUT2D eigenvalue weighted by atomic mass is 16.6. The molecule has 1 saturated carbocycles. The summed E-state index contributed by atoms with van der Waals surface area (Å²) in [6, 6.07) is 19.7. The zero-order valence-corrected chi connectivity index (χ0v) is 20.1. The van der Waals surface area contributed by atoms with Gasteiger partial charge in [-0.3, -0.25) is 0 Å². The fourth-order valence-corrected chi connectivity index (χ4v) is 4.16. The lowest BCUT2D eigenvalue weighted by molar-refractivity contribution is -0.273. The molecule has 2 aromatic carbocycles. The van der Waals surface area contributed by atoms with Crippen LogP contribution in [0, 0.1) is 0 Å². The van der Waals surface area contributed by atoms with Crippen LogP contribution in [-0.4, -0.2) is 61.6 Å². The molecular formula is C29H36O6. The second-order valence-corrected chi connectivity index (χ2v) is 8.27. The van der Waals surface area contributed by atoms with E-state index in [1.807, 2.05) is 60.7 Å². The van der Waals surface area contributed by atoms with Gasteiger partial charge < -0.3 is 28.8 Å². The quantitative estimate of drug-likeness (QED) is 0.385. The molecule has 6 nitrogen and oxygen atoms in total. The highest BCUT2D eigenvalue weighted by molar-refractivity contribution is 5.15. The zero-order valence-electron chi connectivity index (χ0n) is 20.1. The Kier molecular flexibility index (Phi) is 11.4. The average molecular weight is 481 g/mol. The van der Waals surface area contributed by atoms with Gasteiger partial charge in [-0.1, -0.05) is 78.9 Å². The van der Waals surface area contributed by atoms with E-state index in [1.165, 1.54) is 0 Å². The molecule has 0 spiro atoms. The lowest BCUT2D eigenvalue weighted by Gasteiger charge is -2.48. The summed E-state index contributed by atoms with van der Waals surface area (Å²) in [4.78, 5) is 0. The summed E-state index contributed by atoms with van der Waals surface area (Å²) >= 11 is 0. The van der Waals surface area contributed by atoms with Crippen LogP contribution in [0.2, 0.25) is 0 Å². The van der Waals surface area contributed by atoms with E-state index in [-0.39, 0.29) is 19.8 Å². The fourth-order valence-electron chi connectivity index (χ4n) is 4.16. The predicted octanol–water partition coefficient (Wildman–Crippen LogP) is 4.25. The van der Waals surface area contributed by atoms with Gasteiger partial charge in [-0.25, -0.2) is 0 Å². The number of rotatable bonds is 15. The van der Waals surface area contributed by atoms with Crippen molar-refractivity contribution in [1.82, 2.24) is 0 Å². The van der Waals surface area contributed by atoms with E-state index in [9.17, 15) is 5.11 Å². The third-order valence-corrected chi connectivity index (χ3v) is 5.76. The minimum atomic E-state index is -1.03. The molecule has 0 saturated heterocycles. The maximum Gasteiger partial charge on any atom is 0.116 e. The fraction of sp³-hybridized carbons (Fsp3) is 0.379. The third-order valence-electron chi connectivity index (χ3n) is 5.76. The standard InChI is InChI=1S/C29H36O6/c1-4-17-31-25-24(30)26(32-18-5-2)28(34-20-22-13-9-7-10-14-22)29(27(25)33-19-6-3)35-21-23-15-11-8-12-16-23/h4-16,24-30H,1-3,17-21H2/t24-,25+,26-,27-,28-,29+/m0/s1. The van der Waals surface area contributed by atoms with Crippen LogP contribution in [0.4, 0.5) is 0 Å². The molecule has 1 N–H and O–H groups in total. The first-order valence-corrected chi connectivity index (χ1v) is 11.9. The van der Waals surface area contributed by atoms with Gasteiger partial charge in [0, 0.05) is 0 Å². The minimum absolute atomic E-state index is 0.241. The van der Waals surface area contributed by atoms with Gasteiger partial charge in [0.2, 0.25) is 0 Å². The molecule has 3 rings (SSSR count). The third kappa shape index (κ3) is 7.70. The first-order valence-electron chi connectivity index (χ1n) is 11.9. The zero-order chi connectivity index (χ0) is 24.9. The molecule has 0 bridgehead atoms. The van der Waals surface area contributed by atoms with Crippen molar-refractivity contribution in [3.05, 3.63) is 110 Å². The highest BCUT2D eigenvalue weighted by Gasteiger charge is 2.53. The first kappa shape index (κ1) is 27.0. The van der Waals surface area contributed by atoms with Crippen LogP contribution in [-0.2, 0) is 36.9 Å². The Morgan fingerprint density at radius 2 is 0.886 bits per heavy atom. The van der Waals surface area contributed by atoms with Crippen LogP contribution >= 0.6 is 0 Å². The second kappa shape index (κ2) is 14.7. The summed E-state index contributed by atoms with van der Waals surface area (Å²) in [6.07, 6.45) is 0.606. The maximum atomic E-state index is 11.4. The lowest BCUT2D eigenvalue weighted by Crippen LogP contribution is -2.67. The molecule has 0 heterocycles. The Morgan fingerprint density at radius 1 is 0.543 bits per heavy atom. The molecule has 6 atom stereocenters. The summed E-state index contributed by atoms with van der Waals surface area (Å²) in [6.45, 7) is 12.7. The SMILES string of the molecule is C=CCO[C@@H]1[C@@H](OCc2ccccc2)[C@@H](OCc2ccccc2)[C@@H](OCC=C)[C@@H](O)[C@H]1OCC=C. The Bertz CT molecular complexity index is 887. The van der Waals surface area contributed by atoms with Gasteiger partial charge >= 0.3 is 0 Å². The number of aliphatic hydroxyl groups excluding tert-OH is 1. The van der Waals surface area contributed by atoms with Gasteiger partial charge in [-0.15, -0.1) is 19.7 Å². The van der Waals surface area contributed by atoms with E-state index in [0.717, 1.165) is 11.1 Å². The summed E-state index contributed by atoms with van der Waals surface area (Å²) in [5.41, 5.74) is 2.01. The van der Waals surface area contributed by atoms with Crippen molar-refractivity contribution >= 4 is 0 Å². The van der Waals surface area contributed by atoms with Crippen LogP contribution in [0.5, 0.6) is 0 Å². The molecular weight excluding hydrogens is 444 g/mol. The summed E-state index contributed by atoms with van der Waals surface area (Å²) in [5.74, 6) is 0. The van der Waals surface area contributed by atoms with Gasteiger partial charge in [0.25, 0.3) is 0 Å². The van der Waals surface area contributed by atoms with Crippen LogP contribution in [0.25, 0.3) is 0 Å². The molecule has 1 fully saturated rings. The van der Waals surface area contributed by atoms with Crippen molar-refractivity contribution < 1.29 is 28.8 Å². The van der Waals surface area contributed by atoms with Crippen molar-refractivity contribution in [1.29, 1.82) is 0 Å². The molecule has 2 aromatic rings. The Labute approximate surface area is 208 Å². The van der Waals surface area contributed by atoms with E-state index in [1.54, 1.807) is 18.2 Å². The lowest BCUT2D eigenvalue weighted by atomic mass is 9.83. The normalized spacial score (nSPS) is 26.2. The molecule has 188 valence electrons. The van der Waals surface area contributed by atoms with Gasteiger partial charge in [0.15, 0.2) is 0 Å². The molecule has 0 aromatic heterocycles. The topological polar surface area (TPSA) is 66.4 Å². The van der Waals surface area contributed by atoms with Crippen LogP contribution < -0.4 is 0 Å². The predicted molar refractivity (Wildman–Crippen MR) is 136 cm³/mol. The van der Waals surface area contributed by atoms with E-state index < -0.39 is 36.6 Å². The molecule has 0 amide bonds. The molecule has 6 heteroatoms. The maximum absolute atomic E-state index is 11.4. The summed E-state index contributed by atoms with van der Waals surface area (Å²) < 4.78 is 31.0. The average Bonchev–Trinajstić information content (AvgIpc) is 2.90. The van der Waals surface area contributed by atoms with Crippen molar-refractivity contribution in [3.63, 3.8) is 0 Å². The van der Waals surface area contributed by atoms with E-state index >= 15 is 0 Å². The summed E-state index contributed by atoms with van der Waals surface area (Å²) in [7, 11) is 0. The van der Waals surface area contributed by atoms with E-state index in [2.05, 4.69) is 19.7 Å². The van der Waals surface area contributed by atoms with E-state index in [0.29, 0.717) is 13.2 Å². The van der Waals surface area contributed by atoms with Crippen LogP contribution in [0.3, 0.4) is 0 Å². The molecule has 0 radical (unpaired) electrons. The molecule has 35 heavy (non-hydrogen) atoms. The van der Waals surface area contributed by atoms with Crippen LogP contribution in [0.15, 0.2) is 98.6 Å². The van der Waals surface area contributed by atoms with Gasteiger partial charge in [0.05, 0.1) is 33.0 Å². The van der Waals surface area contributed by atoms with E-state index in [4.69, 9.17) is 23.7 Å². The van der Waals surface area contributed by atoms with Crippen molar-refractivity contribution in [3.8, 4) is 0 Å². The number of aliphatic hydroxyl groups is 1. The molecule has 1 aliphatic rings. The van der Waals surface area contributed by atoms with Gasteiger partial charge in [-0.2, -0.15) is 0 Å². The minimum Gasteiger partial charge on any atom is -0.387 e. The van der Waals surface area contributed by atoms with Crippen LogP contribution in [0.1, 0.15) is 11.1 Å². The van der Waals surface area contributed by atoms with Crippen molar-refractivity contribution in [2.45, 2.75) is 49.8 Å². The number of hydrogen-bond acceptors (Lipinski definition) is 6. The van der Waals surface area contributed by atoms with Crippen molar-refractivity contribution in [2.75, 3.05) is 19.8 Å². The largest absolute Gasteiger partial charge is 0.387 e. The Hall–Kier alpha value is -2.58.